The van der Waals surface area contributed by atoms with Gasteiger partial charge < -0.3 is 10.0 Å². The summed E-state index contributed by atoms with van der Waals surface area (Å²) in [5.74, 6) is 0.210. The molecule has 2 atom stereocenters. The summed E-state index contributed by atoms with van der Waals surface area (Å²) in [5, 5.41) is 8.66. The average Bonchev–Trinajstić information content (AvgIpc) is 2.74. The van der Waals surface area contributed by atoms with Crippen molar-refractivity contribution in [3.63, 3.8) is 0 Å². The van der Waals surface area contributed by atoms with E-state index in [9.17, 15) is 4.79 Å². The summed E-state index contributed by atoms with van der Waals surface area (Å²) in [5.41, 5.74) is 0. The average molecular weight is 240 g/mol. The van der Waals surface area contributed by atoms with Crippen LogP contribution >= 0.6 is 0 Å². The molecule has 4 heteroatoms. The third-order valence-corrected chi connectivity index (χ3v) is 4.23. The molecule has 1 N–H and O–H groups in total. The van der Waals surface area contributed by atoms with Crippen molar-refractivity contribution in [2.24, 2.45) is 5.92 Å². The summed E-state index contributed by atoms with van der Waals surface area (Å²) in [7, 11) is 0. The van der Waals surface area contributed by atoms with Crippen LogP contribution in [0.4, 0.5) is 0 Å². The van der Waals surface area contributed by atoms with Crippen LogP contribution in [0.2, 0.25) is 0 Å². The molecule has 17 heavy (non-hydrogen) atoms. The topological polar surface area (TPSA) is 43.8 Å². The van der Waals surface area contributed by atoms with Crippen molar-refractivity contribution in [3.05, 3.63) is 0 Å². The minimum absolute atomic E-state index is 0.278. The van der Waals surface area contributed by atoms with Gasteiger partial charge in [-0.25, -0.2) is 0 Å². The van der Waals surface area contributed by atoms with Crippen molar-refractivity contribution in [1.29, 1.82) is 0 Å². The first-order chi connectivity index (χ1) is 8.15. The van der Waals surface area contributed by atoms with Crippen molar-refractivity contribution in [2.45, 2.75) is 38.6 Å². The number of nitrogens with zero attached hydrogens (tertiary/aromatic N) is 2. The van der Waals surface area contributed by atoms with Crippen LogP contribution in [0.3, 0.4) is 0 Å². The van der Waals surface area contributed by atoms with Gasteiger partial charge >= 0.3 is 5.97 Å². The Morgan fingerprint density at radius 1 is 1.24 bits per heavy atom. The number of carboxylic acids is 1. The second kappa shape index (κ2) is 5.83. The molecule has 0 radical (unpaired) electrons. The number of piperazine rings is 1. The van der Waals surface area contributed by atoms with Gasteiger partial charge in [0.1, 0.15) is 0 Å². The Labute approximate surface area is 104 Å². The maximum atomic E-state index is 10.5. The third kappa shape index (κ3) is 3.68. The molecule has 4 nitrogen and oxygen atoms in total. The number of hydrogen-bond donors (Lipinski definition) is 1. The van der Waals surface area contributed by atoms with Crippen LogP contribution in [0.1, 0.15) is 32.6 Å². The maximum absolute atomic E-state index is 10.5. The largest absolute Gasteiger partial charge is 0.481 e. The molecule has 1 heterocycles. The Morgan fingerprint density at radius 3 is 2.47 bits per heavy atom. The molecule has 2 fully saturated rings. The predicted molar refractivity (Wildman–Crippen MR) is 67.1 cm³/mol. The van der Waals surface area contributed by atoms with Gasteiger partial charge in [0, 0.05) is 38.8 Å². The highest BCUT2D eigenvalue weighted by molar-refractivity contribution is 5.66. The van der Waals surface area contributed by atoms with Gasteiger partial charge in [-0.3, -0.25) is 9.69 Å². The number of rotatable bonds is 4. The molecule has 0 aromatic rings. The number of aliphatic carboxylic acids is 1. The van der Waals surface area contributed by atoms with Crippen LogP contribution < -0.4 is 0 Å². The van der Waals surface area contributed by atoms with E-state index in [1.54, 1.807) is 0 Å². The van der Waals surface area contributed by atoms with E-state index in [4.69, 9.17) is 5.11 Å². The van der Waals surface area contributed by atoms with E-state index >= 15 is 0 Å². The molecule has 0 bridgehead atoms. The molecule has 2 aliphatic rings. The fourth-order valence-electron chi connectivity index (χ4n) is 3.11. The Kier molecular flexibility index (Phi) is 4.40. The molecule has 98 valence electrons. The highest BCUT2D eigenvalue weighted by Gasteiger charge is 2.29. The molecule has 1 aliphatic carbocycles. The monoisotopic (exact) mass is 240 g/mol. The highest BCUT2D eigenvalue weighted by Crippen LogP contribution is 2.29. The second-order valence-electron chi connectivity index (χ2n) is 5.59. The zero-order valence-corrected chi connectivity index (χ0v) is 10.8. The zero-order valence-electron chi connectivity index (χ0n) is 10.8. The van der Waals surface area contributed by atoms with Crippen molar-refractivity contribution in [3.8, 4) is 0 Å². The minimum Gasteiger partial charge on any atom is -0.481 e. The van der Waals surface area contributed by atoms with Crippen molar-refractivity contribution in [1.82, 2.24) is 9.80 Å². The summed E-state index contributed by atoms with van der Waals surface area (Å²) in [4.78, 5) is 15.4. The lowest BCUT2D eigenvalue weighted by Crippen LogP contribution is -2.50. The molecule has 0 aromatic heterocycles. The summed E-state index contributed by atoms with van der Waals surface area (Å²) >= 11 is 0. The van der Waals surface area contributed by atoms with Gasteiger partial charge in [0.05, 0.1) is 6.42 Å². The van der Waals surface area contributed by atoms with Crippen LogP contribution in [0.25, 0.3) is 0 Å². The van der Waals surface area contributed by atoms with E-state index in [1.165, 1.54) is 19.3 Å². The Hall–Kier alpha value is -0.610. The van der Waals surface area contributed by atoms with Crippen molar-refractivity contribution >= 4 is 5.97 Å². The van der Waals surface area contributed by atoms with Crippen LogP contribution in [0, 0.1) is 5.92 Å². The number of hydrogen-bond acceptors (Lipinski definition) is 3. The molecular weight excluding hydrogens is 216 g/mol. The summed E-state index contributed by atoms with van der Waals surface area (Å²) in [6.45, 7) is 7.39. The van der Waals surface area contributed by atoms with Gasteiger partial charge in [-0.1, -0.05) is 6.92 Å². The summed E-state index contributed by atoms with van der Waals surface area (Å²) in [6, 6.07) is 0.798. The van der Waals surface area contributed by atoms with Crippen LogP contribution in [0.15, 0.2) is 0 Å². The first-order valence-corrected chi connectivity index (χ1v) is 6.83. The third-order valence-electron chi connectivity index (χ3n) is 4.23. The van der Waals surface area contributed by atoms with Gasteiger partial charge in [-0.2, -0.15) is 0 Å². The molecule has 1 aliphatic heterocycles. The molecule has 0 amide bonds. The lowest BCUT2D eigenvalue weighted by molar-refractivity contribution is -0.137. The van der Waals surface area contributed by atoms with Crippen LogP contribution in [-0.4, -0.2) is 59.6 Å². The minimum atomic E-state index is -0.683. The molecular formula is C13H24N2O2. The Bertz CT molecular complexity index is 262. The fraction of sp³-hybridized carbons (Fsp3) is 0.923. The van der Waals surface area contributed by atoms with Gasteiger partial charge in [-0.15, -0.1) is 0 Å². The predicted octanol–water partition coefficient (Wildman–Crippen LogP) is 1.27. The molecule has 0 aromatic carbocycles. The molecule has 2 rings (SSSR count). The quantitative estimate of drug-likeness (QED) is 0.803. The zero-order chi connectivity index (χ0) is 12.3. The molecule has 1 saturated carbocycles. The number of carboxylic acid groups (broad SMARTS) is 1. The smallest absolute Gasteiger partial charge is 0.304 e. The lowest BCUT2D eigenvalue weighted by Gasteiger charge is -2.38. The standard InChI is InChI=1S/C13H24N2O2/c1-11-2-3-12(10-11)15-8-6-14(7-9-15)5-4-13(16)17/h11-12H,2-10H2,1H3,(H,16,17). The molecule has 0 spiro atoms. The van der Waals surface area contributed by atoms with Gasteiger partial charge in [0.15, 0.2) is 0 Å². The van der Waals surface area contributed by atoms with E-state index in [1.807, 2.05) is 0 Å². The van der Waals surface area contributed by atoms with Gasteiger partial charge in [0.25, 0.3) is 0 Å². The first-order valence-electron chi connectivity index (χ1n) is 6.83. The number of carbonyl (C=O) groups is 1. The Morgan fingerprint density at radius 2 is 1.94 bits per heavy atom. The van der Waals surface area contributed by atoms with Gasteiger partial charge in [-0.05, 0) is 25.2 Å². The summed E-state index contributed by atoms with van der Waals surface area (Å²) in [6.07, 6.45) is 4.37. The Balaban J connectivity index is 1.69. The van der Waals surface area contributed by atoms with E-state index in [-0.39, 0.29) is 6.42 Å². The maximum Gasteiger partial charge on any atom is 0.304 e. The summed E-state index contributed by atoms with van der Waals surface area (Å²) < 4.78 is 0. The first kappa shape index (κ1) is 12.8. The van der Waals surface area contributed by atoms with E-state index < -0.39 is 5.97 Å². The van der Waals surface area contributed by atoms with Gasteiger partial charge in [0.2, 0.25) is 0 Å². The SMILES string of the molecule is CC1CCC(N2CCN(CCC(=O)O)CC2)C1. The van der Waals surface area contributed by atoms with Crippen molar-refractivity contribution < 1.29 is 9.90 Å². The van der Waals surface area contributed by atoms with E-state index in [0.29, 0.717) is 6.54 Å². The van der Waals surface area contributed by atoms with Crippen LogP contribution in [0.5, 0.6) is 0 Å². The van der Waals surface area contributed by atoms with E-state index in [2.05, 4.69) is 16.7 Å². The highest BCUT2D eigenvalue weighted by atomic mass is 16.4. The normalized spacial score (nSPS) is 31.8. The lowest BCUT2D eigenvalue weighted by atomic mass is 10.1. The molecule has 1 saturated heterocycles. The van der Waals surface area contributed by atoms with Crippen molar-refractivity contribution in [2.75, 3.05) is 32.7 Å². The fourth-order valence-corrected chi connectivity index (χ4v) is 3.11. The molecule has 2 unspecified atom stereocenters. The van der Waals surface area contributed by atoms with E-state index in [0.717, 1.165) is 38.1 Å². The van der Waals surface area contributed by atoms with Crippen LogP contribution in [-0.2, 0) is 4.79 Å². The second-order valence-corrected chi connectivity index (χ2v) is 5.59.